The lowest BCUT2D eigenvalue weighted by molar-refractivity contribution is 0.0526. The Balaban J connectivity index is 4.00. The van der Waals surface area contributed by atoms with E-state index in [2.05, 4.69) is 10.6 Å². The maximum atomic E-state index is 11.5. The topological polar surface area (TPSA) is 76.7 Å². The second-order valence-corrected chi connectivity index (χ2v) is 8.01. The lowest BCUT2D eigenvalue weighted by atomic mass is 10.1. The number of ether oxygens (including phenoxy) is 2. The quantitative estimate of drug-likeness (QED) is 0.593. The van der Waals surface area contributed by atoms with Crippen LogP contribution in [-0.2, 0) is 20.3 Å². The first-order valence-electron chi connectivity index (χ1n) is 7.66. The van der Waals surface area contributed by atoms with Gasteiger partial charge < -0.3 is 20.1 Å². The molecule has 0 aliphatic heterocycles. The molecule has 0 aliphatic rings. The average Bonchev–Trinajstić information content (AvgIpc) is 2.31. The molecule has 0 aromatic rings. The first-order valence-corrected chi connectivity index (χ1v) is 9.38. The Morgan fingerprint density at radius 3 is 2.45 bits per heavy atom. The van der Waals surface area contributed by atoms with Gasteiger partial charge in [0.2, 0.25) is 0 Å². The predicted molar refractivity (Wildman–Crippen MR) is 90.7 cm³/mol. The molecule has 0 saturated carbocycles. The zero-order chi connectivity index (χ0) is 17.2. The van der Waals surface area contributed by atoms with Gasteiger partial charge in [0.05, 0.1) is 6.61 Å². The van der Waals surface area contributed by atoms with Gasteiger partial charge in [-0.3, -0.25) is 4.21 Å². The highest BCUT2D eigenvalue weighted by atomic mass is 32.2. The molecule has 7 heteroatoms. The Bertz CT molecular complexity index is 345. The van der Waals surface area contributed by atoms with Gasteiger partial charge >= 0.3 is 6.09 Å². The van der Waals surface area contributed by atoms with E-state index in [0.717, 1.165) is 12.8 Å². The Morgan fingerprint density at radius 1 is 1.32 bits per heavy atom. The normalized spacial score (nSPS) is 15.9. The van der Waals surface area contributed by atoms with Crippen molar-refractivity contribution < 1.29 is 18.5 Å². The summed E-state index contributed by atoms with van der Waals surface area (Å²) in [6, 6.07) is 0.355. The Hall–Kier alpha value is -0.660. The standard InChI is InChI=1S/C15H32N2O4S/c1-12(11-22(6)19)17-13(10-20-5)8-7-9-16-14(18)21-15(2,3)4/h12-13,17H,7-11H2,1-6H3,(H,16,18). The fourth-order valence-corrected chi connectivity index (χ4v) is 2.87. The van der Waals surface area contributed by atoms with Crippen LogP contribution in [0.2, 0.25) is 0 Å². The van der Waals surface area contributed by atoms with E-state index < -0.39 is 22.5 Å². The molecular weight excluding hydrogens is 304 g/mol. The molecule has 0 radical (unpaired) electrons. The highest BCUT2D eigenvalue weighted by Crippen LogP contribution is 2.06. The molecule has 0 aromatic carbocycles. The van der Waals surface area contributed by atoms with E-state index >= 15 is 0 Å². The molecule has 0 spiro atoms. The Morgan fingerprint density at radius 2 is 1.95 bits per heavy atom. The minimum Gasteiger partial charge on any atom is -0.444 e. The van der Waals surface area contributed by atoms with Crippen molar-refractivity contribution in [1.82, 2.24) is 10.6 Å². The van der Waals surface area contributed by atoms with E-state index in [1.54, 1.807) is 13.4 Å². The van der Waals surface area contributed by atoms with Gasteiger partial charge in [0, 0.05) is 48.5 Å². The van der Waals surface area contributed by atoms with E-state index in [9.17, 15) is 9.00 Å². The molecule has 132 valence electrons. The second kappa shape index (κ2) is 11.0. The summed E-state index contributed by atoms with van der Waals surface area (Å²) in [5.41, 5.74) is -0.477. The van der Waals surface area contributed by atoms with Crippen molar-refractivity contribution in [2.45, 2.75) is 58.2 Å². The van der Waals surface area contributed by atoms with Gasteiger partial charge in [-0.15, -0.1) is 0 Å². The van der Waals surface area contributed by atoms with Gasteiger partial charge in [-0.05, 0) is 40.5 Å². The molecule has 0 heterocycles. The third kappa shape index (κ3) is 13.0. The molecule has 3 unspecified atom stereocenters. The zero-order valence-corrected chi connectivity index (χ0v) is 15.5. The molecule has 3 atom stereocenters. The number of hydrogen-bond acceptors (Lipinski definition) is 5. The fourth-order valence-electron chi connectivity index (χ4n) is 2.07. The summed E-state index contributed by atoms with van der Waals surface area (Å²) >= 11 is 0. The predicted octanol–water partition coefficient (Wildman–Crippen LogP) is 1.66. The summed E-state index contributed by atoms with van der Waals surface area (Å²) in [5.74, 6) is 0.621. The highest BCUT2D eigenvalue weighted by Gasteiger charge is 2.16. The van der Waals surface area contributed by atoms with E-state index in [1.807, 2.05) is 27.7 Å². The lowest BCUT2D eigenvalue weighted by Crippen LogP contribution is -2.42. The van der Waals surface area contributed by atoms with E-state index in [0.29, 0.717) is 18.9 Å². The van der Waals surface area contributed by atoms with Gasteiger partial charge in [-0.2, -0.15) is 0 Å². The summed E-state index contributed by atoms with van der Waals surface area (Å²) in [7, 11) is 0.847. The number of amides is 1. The molecule has 1 amide bonds. The molecule has 2 N–H and O–H groups in total. The number of carbonyl (C=O) groups excluding carboxylic acids is 1. The van der Waals surface area contributed by atoms with Crippen molar-refractivity contribution in [3.05, 3.63) is 0 Å². The van der Waals surface area contributed by atoms with Crippen LogP contribution in [-0.4, -0.2) is 60.3 Å². The van der Waals surface area contributed by atoms with E-state index in [-0.39, 0.29) is 12.1 Å². The summed E-state index contributed by atoms with van der Waals surface area (Å²) in [6.07, 6.45) is 3.00. The van der Waals surface area contributed by atoms with Gasteiger partial charge in [0.1, 0.15) is 5.60 Å². The smallest absolute Gasteiger partial charge is 0.407 e. The van der Waals surface area contributed by atoms with Gasteiger partial charge in [-0.25, -0.2) is 4.79 Å². The monoisotopic (exact) mass is 336 g/mol. The van der Waals surface area contributed by atoms with Crippen LogP contribution in [0.15, 0.2) is 0 Å². The zero-order valence-electron chi connectivity index (χ0n) is 14.7. The van der Waals surface area contributed by atoms with E-state index in [4.69, 9.17) is 9.47 Å². The van der Waals surface area contributed by atoms with Crippen LogP contribution in [0.5, 0.6) is 0 Å². The first-order chi connectivity index (χ1) is 10.1. The van der Waals surface area contributed by atoms with Gasteiger partial charge in [0.25, 0.3) is 0 Å². The maximum Gasteiger partial charge on any atom is 0.407 e. The minimum atomic E-state index is -0.816. The van der Waals surface area contributed by atoms with Gasteiger partial charge in [-0.1, -0.05) is 0 Å². The van der Waals surface area contributed by atoms with Crippen LogP contribution in [0.4, 0.5) is 4.79 Å². The molecule has 22 heavy (non-hydrogen) atoms. The molecule has 0 aliphatic carbocycles. The average molecular weight is 336 g/mol. The number of nitrogens with one attached hydrogen (secondary N) is 2. The van der Waals surface area contributed by atoms with Crippen molar-refractivity contribution in [1.29, 1.82) is 0 Å². The molecule has 0 bridgehead atoms. The van der Waals surface area contributed by atoms with Crippen molar-refractivity contribution in [3.8, 4) is 0 Å². The van der Waals surface area contributed by atoms with Crippen LogP contribution in [0, 0.1) is 0 Å². The molecule has 6 nitrogen and oxygen atoms in total. The van der Waals surface area contributed by atoms with Crippen molar-refractivity contribution >= 4 is 16.9 Å². The Labute approximate surface area is 137 Å². The fraction of sp³-hybridized carbons (Fsp3) is 0.933. The first kappa shape index (κ1) is 21.3. The minimum absolute atomic E-state index is 0.171. The van der Waals surface area contributed by atoms with Crippen molar-refractivity contribution in [3.63, 3.8) is 0 Å². The van der Waals surface area contributed by atoms with Crippen molar-refractivity contribution in [2.24, 2.45) is 0 Å². The number of alkyl carbamates (subject to hydrolysis) is 1. The third-order valence-electron chi connectivity index (χ3n) is 2.77. The van der Waals surface area contributed by atoms with E-state index in [1.165, 1.54) is 0 Å². The summed E-state index contributed by atoms with van der Waals surface area (Å²) in [4.78, 5) is 11.5. The Kier molecular flexibility index (Phi) is 10.6. The lowest BCUT2D eigenvalue weighted by Gasteiger charge is -2.23. The van der Waals surface area contributed by atoms with Crippen LogP contribution in [0.25, 0.3) is 0 Å². The maximum absolute atomic E-state index is 11.5. The number of methoxy groups -OCH3 is 1. The molecule has 0 aromatic heterocycles. The number of carbonyl (C=O) groups is 1. The van der Waals surface area contributed by atoms with Crippen molar-refractivity contribution in [2.75, 3.05) is 32.3 Å². The molecule has 0 fully saturated rings. The molecule has 0 saturated heterocycles. The molecule has 0 rings (SSSR count). The van der Waals surface area contributed by atoms with Gasteiger partial charge in [0.15, 0.2) is 0 Å². The summed E-state index contributed by atoms with van der Waals surface area (Å²) in [5, 5.41) is 6.16. The van der Waals surface area contributed by atoms with Crippen LogP contribution >= 0.6 is 0 Å². The number of hydrogen-bond donors (Lipinski definition) is 2. The number of rotatable bonds is 10. The van der Waals surface area contributed by atoms with Crippen LogP contribution in [0.1, 0.15) is 40.5 Å². The second-order valence-electron chi connectivity index (χ2n) is 6.53. The third-order valence-corrected chi connectivity index (χ3v) is 3.74. The summed E-state index contributed by atoms with van der Waals surface area (Å²) in [6.45, 7) is 8.68. The highest BCUT2D eigenvalue weighted by molar-refractivity contribution is 7.84. The molecular formula is C15H32N2O4S. The van der Waals surface area contributed by atoms with Crippen LogP contribution in [0.3, 0.4) is 0 Å². The van der Waals surface area contributed by atoms with Crippen LogP contribution < -0.4 is 10.6 Å². The summed E-state index contributed by atoms with van der Waals surface area (Å²) < 4.78 is 21.6. The largest absolute Gasteiger partial charge is 0.444 e. The SMILES string of the molecule is COCC(CCCNC(=O)OC(C)(C)C)NC(C)CS(C)=O.